The normalized spacial score (nSPS) is 13.5. The Morgan fingerprint density at radius 2 is 1.88 bits per heavy atom. The van der Waals surface area contributed by atoms with Crippen LogP contribution >= 0.6 is 0 Å². The molecule has 3 aromatic carbocycles. The van der Waals surface area contributed by atoms with E-state index >= 15 is 0 Å². The molecule has 2 amide bonds. The first kappa shape index (κ1) is 23.0. The minimum absolute atomic E-state index is 0.204. The minimum atomic E-state index is -0.468. The molecule has 0 fully saturated rings. The maximum absolute atomic E-state index is 13.3. The van der Waals surface area contributed by atoms with E-state index in [9.17, 15) is 18.8 Å². The largest absolute Gasteiger partial charge is 0.485 e. The second-order valence-electron chi connectivity index (χ2n) is 7.82. The van der Waals surface area contributed by atoms with Gasteiger partial charge in [0.15, 0.2) is 19.0 Å². The van der Waals surface area contributed by atoms with Crippen molar-refractivity contribution >= 4 is 23.3 Å². The Morgan fingerprint density at radius 1 is 1.09 bits per heavy atom. The Balaban J connectivity index is 1.46. The first-order valence-corrected chi connectivity index (χ1v) is 10.7. The molecule has 0 saturated carbocycles. The van der Waals surface area contributed by atoms with Gasteiger partial charge in [0.05, 0.1) is 11.7 Å². The van der Waals surface area contributed by atoms with Gasteiger partial charge in [-0.3, -0.25) is 19.3 Å². The number of fused-ring (bicyclic) bond motifs is 1. The first-order chi connectivity index (χ1) is 16.4. The van der Waals surface area contributed by atoms with Gasteiger partial charge in [-0.25, -0.2) is 4.39 Å². The predicted octanol–water partition coefficient (Wildman–Crippen LogP) is 3.69. The minimum Gasteiger partial charge on any atom is -0.485 e. The highest BCUT2D eigenvalue weighted by Gasteiger charge is 2.28. The lowest BCUT2D eigenvalue weighted by molar-refractivity contribution is -0.125. The maximum Gasteiger partial charge on any atom is 0.265 e. The maximum atomic E-state index is 13.3. The Kier molecular flexibility index (Phi) is 6.87. The van der Waals surface area contributed by atoms with Crippen molar-refractivity contribution in [2.45, 2.75) is 13.0 Å². The fraction of sp³-hybridized carbons (Fsp3) is 0.192. The molecule has 3 aromatic rings. The quantitative estimate of drug-likeness (QED) is 0.516. The number of hydrogen-bond acceptors (Lipinski definition) is 5. The van der Waals surface area contributed by atoms with Gasteiger partial charge < -0.3 is 14.8 Å². The Bertz CT molecular complexity index is 1210. The summed E-state index contributed by atoms with van der Waals surface area (Å²) in [5.41, 5.74) is 1.54. The molecule has 1 aliphatic rings. The van der Waals surface area contributed by atoms with Crippen molar-refractivity contribution in [1.82, 2.24) is 5.32 Å². The number of Topliss-reactive ketones (excluding diaryl/α,β-unsaturated/α-hetero) is 1. The average Bonchev–Trinajstić information content (AvgIpc) is 2.84. The van der Waals surface area contributed by atoms with Crippen molar-refractivity contribution in [1.29, 1.82) is 0 Å². The summed E-state index contributed by atoms with van der Waals surface area (Å²) in [4.78, 5) is 39.2. The summed E-state index contributed by atoms with van der Waals surface area (Å²) < 4.78 is 24.2. The van der Waals surface area contributed by atoms with Crippen LogP contribution in [0.4, 0.5) is 10.1 Å². The number of carbonyl (C=O) groups excluding carboxylic acids is 3. The van der Waals surface area contributed by atoms with E-state index in [2.05, 4.69) is 5.32 Å². The monoisotopic (exact) mass is 462 g/mol. The highest BCUT2D eigenvalue weighted by Crippen LogP contribution is 2.33. The number of ketones is 1. The summed E-state index contributed by atoms with van der Waals surface area (Å²) in [6, 6.07) is 19.4. The number of nitrogens with one attached hydrogen (secondary N) is 1. The molecule has 1 heterocycles. The summed E-state index contributed by atoms with van der Waals surface area (Å²) >= 11 is 0. The van der Waals surface area contributed by atoms with E-state index in [1.54, 1.807) is 18.2 Å². The zero-order valence-corrected chi connectivity index (χ0v) is 18.5. The van der Waals surface area contributed by atoms with Crippen LogP contribution in [0, 0.1) is 5.82 Å². The molecule has 0 aliphatic carbocycles. The smallest absolute Gasteiger partial charge is 0.265 e. The zero-order chi connectivity index (χ0) is 24.1. The summed E-state index contributed by atoms with van der Waals surface area (Å²) in [6.07, 6.45) is 0. The lowest BCUT2D eigenvalue weighted by Gasteiger charge is -2.29. The molecule has 1 unspecified atom stereocenters. The average molecular weight is 462 g/mol. The number of rotatable bonds is 8. The zero-order valence-electron chi connectivity index (χ0n) is 18.5. The number of benzene rings is 3. The van der Waals surface area contributed by atoms with Crippen molar-refractivity contribution in [3.05, 3.63) is 89.7 Å². The second kappa shape index (κ2) is 10.2. The fourth-order valence-electron chi connectivity index (χ4n) is 3.59. The second-order valence-corrected chi connectivity index (χ2v) is 7.82. The number of anilines is 1. The van der Waals surface area contributed by atoms with E-state index in [4.69, 9.17) is 9.47 Å². The number of ether oxygens (including phenoxy) is 2. The van der Waals surface area contributed by atoms with Crippen LogP contribution in [0.25, 0.3) is 0 Å². The van der Waals surface area contributed by atoms with Crippen LogP contribution in [0.15, 0.2) is 72.8 Å². The topological polar surface area (TPSA) is 84.9 Å². The molecule has 7 nitrogen and oxygen atoms in total. The number of nitrogens with zero attached hydrogens (tertiary/aromatic N) is 1. The lowest BCUT2D eigenvalue weighted by Crippen LogP contribution is -2.45. The third kappa shape index (κ3) is 5.40. The van der Waals surface area contributed by atoms with Crippen molar-refractivity contribution in [2.75, 3.05) is 24.7 Å². The van der Waals surface area contributed by atoms with Gasteiger partial charge in [-0.2, -0.15) is 0 Å². The van der Waals surface area contributed by atoms with Gasteiger partial charge in [-0.1, -0.05) is 36.4 Å². The number of amides is 2. The van der Waals surface area contributed by atoms with Gasteiger partial charge in [0.25, 0.3) is 5.91 Å². The molecule has 1 atom stereocenters. The Hall–Kier alpha value is -4.20. The molecule has 0 bridgehead atoms. The molecule has 0 spiro atoms. The van der Waals surface area contributed by atoms with E-state index in [0.29, 0.717) is 11.4 Å². The summed E-state index contributed by atoms with van der Waals surface area (Å²) in [5, 5.41) is 2.88. The molecule has 4 rings (SSSR count). The van der Waals surface area contributed by atoms with Crippen LogP contribution in [-0.2, 0) is 9.59 Å². The van der Waals surface area contributed by atoms with Crippen LogP contribution in [0.5, 0.6) is 11.5 Å². The van der Waals surface area contributed by atoms with Gasteiger partial charge in [-0.15, -0.1) is 0 Å². The van der Waals surface area contributed by atoms with E-state index in [0.717, 1.165) is 5.56 Å². The van der Waals surface area contributed by atoms with Crippen LogP contribution in [0.3, 0.4) is 0 Å². The SMILES string of the molecule is CC(NC(=O)CN1C(=O)COc2ccc(C(=O)COc3cccc(F)c3)cc21)c1ccccc1. The Morgan fingerprint density at radius 3 is 2.65 bits per heavy atom. The first-order valence-electron chi connectivity index (χ1n) is 10.7. The molecule has 8 heteroatoms. The van der Waals surface area contributed by atoms with Crippen molar-refractivity contribution < 1.29 is 28.2 Å². The van der Waals surface area contributed by atoms with Crippen molar-refractivity contribution in [3.8, 4) is 11.5 Å². The van der Waals surface area contributed by atoms with Crippen molar-refractivity contribution in [3.63, 3.8) is 0 Å². The van der Waals surface area contributed by atoms with Crippen LogP contribution in [-0.4, -0.2) is 37.4 Å². The number of halogens is 1. The molecule has 1 N–H and O–H groups in total. The number of hydrogen-bond donors (Lipinski definition) is 1. The molecular weight excluding hydrogens is 439 g/mol. The number of carbonyl (C=O) groups is 3. The molecule has 0 aromatic heterocycles. The predicted molar refractivity (Wildman–Crippen MR) is 124 cm³/mol. The van der Waals surface area contributed by atoms with Crippen molar-refractivity contribution in [2.24, 2.45) is 0 Å². The summed E-state index contributed by atoms with van der Waals surface area (Å²) in [5.74, 6) is -0.946. The summed E-state index contributed by atoms with van der Waals surface area (Å²) in [6.45, 7) is 1.12. The summed E-state index contributed by atoms with van der Waals surface area (Å²) in [7, 11) is 0. The van der Waals surface area contributed by atoms with Gasteiger partial charge >= 0.3 is 0 Å². The molecule has 0 radical (unpaired) electrons. The Labute approximate surface area is 196 Å². The molecule has 1 aliphatic heterocycles. The van der Waals surface area contributed by atoms with E-state index < -0.39 is 11.7 Å². The third-order valence-corrected chi connectivity index (χ3v) is 5.37. The van der Waals surface area contributed by atoms with Gasteiger partial charge in [0.2, 0.25) is 5.91 Å². The molecular formula is C26H23FN2O5. The molecule has 34 heavy (non-hydrogen) atoms. The third-order valence-electron chi connectivity index (χ3n) is 5.37. The van der Waals surface area contributed by atoms with E-state index in [1.165, 1.54) is 29.2 Å². The highest BCUT2D eigenvalue weighted by molar-refractivity contribution is 6.04. The van der Waals surface area contributed by atoms with Crippen LogP contribution in [0.2, 0.25) is 0 Å². The van der Waals surface area contributed by atoms with Gasteiger partial charge in [0.1, 0.15) is 23.9 Å². The molecule has 0 saturated heterocycles. The van der Waals surface area contributed by atoms with Gasteiger partial charge in [-0.05, 0) is 42.8 Å². The van der Waals surface area contributed by atoms with Gasteiger partial charge in [0, 0.05) is 11.6 Å². The highest BCUT2D eigenvalue weighted by atomic mass is 19.1. The lowest BCUT2D eigenvalue weighted by atomic mass is 10.1. The van der Waals surface area contributed by atoms with E-state index in [-0.39, 0.29) is 48.8 Å². The molecule has 174 valence electrons. The van der Waals surface area contributed by atoms with Crippen LogP contribution in [0.1, 0.15) is 28.9 Å². The standard InChI is InChI=1S/C26H23FN2O5/c1-17(18-6-3-2-4-7-18)28-25(31)14-29-22-12-19(10-11-24(22)34-16-26(29)32)23(30)15-33-21-9-5-8-20(27)13-21/h2-13,17H,14-16H2,1H3,(H,28,31). The van der Waals surface area contributed by atoms with Crippen LogP contribution < -0.4 is 19.7 Å². The van der Waals surface area contributed by atoms with E-state index in [1.807, 2.05) is 37.3 Å². The fourth-order valence-corrected chi connectivity index (χ4v) is 3.59.